The van der Waals surface area contributed by atoms with Gasteiger partial charge in [-0.25, -0.2) is 9.67 Å². The van der Waals surface area contributed by atoms with Crippen LogP contribution in [-0.4, -0.2) is 101 Å². The summed E-state index contributed by atoms with van der Waals surface area (Å²) < 4.78 is 13.1. The summed E-state index contributed by atoms with van der Waals surface area (Å²) in [5.74, 6) is -0.386. The fourth-order valence-electron chi connectivity index (χ4n) is 8.39. The highest BCUT2D eigenvalue weighted by molar-refractivity contribution is 6.03. The predicted molar refractivity (Wildman–Crippen MR) is 226 cm³/mol. The molecule has 4 aliphatic heterocycles. The zero-order valence-corrected chi connectivity index (χ0v) is 33.9. The van der Waals surface area contributed by atoms with Gasteiger partial charge in [0.25, 0.3) is 11.8 Å². The molecule has 2 fully saturated rings. The van der Waals surface area contributed by atoms with Gasteiger partial charge in [0.15, 0.2) is 5.65 Å². The summed E-state index contributed by atoms with van der Waals surface area (Å²) in [6, 6.07) is 15.6. The third-order valence-corrected chi connectivity index (χ3v) is 11.7. The summed E-state index contributed by atoms with van der Waals surface area (Å²) >= 11 is 0. The summed E-state index contributed by atoms with van der Waals surface area (Å²) in [7, 11) is 0. The molecule has 0 saturated carbocycles. The number of carbonyl (C=O) groups excluding carboxylic acids is 2. The normalized spacial score (nSPS) is 19.9. The summed E-state index contributed by atoms with van der Waals surface area (Å²) in [5, 5.41) is 26.1. The second kappa shape index (κ2) is 17.5. The number of nitrogens with one attached hydrogen (secondary N) is 4. The second-order valence-corrected chi connectivity index (χ2v) is 15.4. The predicted octanol–water partition coefficient (Wildman–Crippen LogP) is 5.44. The van der Waals surface area contributed by atoms with Crippen molar-refractivity contribution in [3.8, 4) is 11.1 Å². The molecule has 0 spiro atoms. The van der Waals surface area contributed by atoms with Crippen LogP contribution < -0.4 is 21.3 Å². The first-order valence-electron chi connectivity index (χ1n) is 20.7. The van der Waals surface area contributed by atoms with Gasteiger partial charge in [-0.1, -0.05) is 24.3 Å². The van der Waals surface area contributed by atoms with Crippen molar-refractivity contribution in [1.82, 2.24) is 35.7 Å². The van der Waals surface area contributed by atoms with E-state index in [2.05, 4.69) is 45.3 Å². The molecule has 304 valence electrons. The minimum Gasteiger partial charge on any atom is -0.384 e. The minimum absolute atomic E-state index is 0.00249. The molecule has 4 N–H and O–H groups in total. The summed E-state index contributed by atoms with van der Waals surface area (Å²) in [5.41, 5.74) is 9.28. The first-order valence-corrected chi connectivity index (χ1v) is 20.7. The standard InChI is InChI=1S/C44H54N10O4/c1-5-53-41-37(25-47-53)39(51-33-13-17-57-18-14-33)35(27(3)49-41)23-45-43(55)31-11-7-9-29(21-31)30-10-8-12-32(22-30)44(56)46-24-36-28(4)50-42-38(26-48-54(42)6-2)40(36)52-34-15-19-58-20-16-34/h7-12,21-22,25-26,33-34,37,41,51H,5-6,13-20,23-24H2,1-4H3,(H,45,55)(H,46,56)(H,50,52). The van der Waals surface area contributed by atoms with Gasteiger partial charge >= 0.3 is 0 Å². The summed E-state index contributed by atoms with van der Waals surface area (Å²) in [4.78, 5) is 37.4. The largest absolute Gasteiger partial charge is 0.384 e. The van der Waals surface area contributed by atoms with Crippen LogP contribution in [0.5, 0.6) is 0 Å². The van der Waals surface area contributed by atoms with E-state index in [1.807, 2.05) is 84.5 Å². The molecule has 14 heteroatoms. The molecule has 58 heavy (non-hydrogen) atoms. The van der Waals surface area contributed by atoms with Crippen LogP contribution in [0.3, 0.4) is 0 Å². The fraction of sp³-hybridized carbons (Fsp3) is 0.455. The van der Waals surface area contributed by atoms with Crippen LogP contribution in [0.25, 0.3) is 22.2 Å². The Morgan fingerprint density at radius 2 is 1.43 bits per heavy atom. The molecule has 8 rings (SSSR count). The first kappa shape index (κ1) is 39.2. The van der Waals surface area contributed by atoms with Crippen molar-refractivity contribution in [1.29, 1.82) is 0 Å². The van der Waals surface area contributed by atoms with E-state index in [0.29, 0.717) is 50.0 Å². The van der Waals surface area contributed by atoms with Gasteiger partial charge in [0.2, 0.25) is 0 Å². The maximum absolute atomic E-state index is 13.7. The van der Waals surface area contributed by atoms with Gasteiger partial charge in [0, 0.05) is 110 Å². The number of aryl methyl sites for hydroxylation is 2. The number of dihydropyridines is 1. The lowest BCUT2D eigenvalue weighted by Gasteiger charge is -2.35. The lowest BCUT2D eigenvalue weighted by Crippen LogP contribution is -2.45. The molecule has 0 aliphatic carbocycles. The molecule has 2 saturated heterocycles. The van der Waals surface area contributed by atoms with Crippen molar-refractivity contribution < 1.29 is 19.1 Å². The molecule has 0 bridgehead atoms. The summed E-state index contributed by atoms with van der Waals surface area (Å²) in [6.07, 6.45) is 7.42. The number of aliphatic imine (C=N–C) groups is 1. The highest BCUT2D eigenvalue weighted by atomic mass is 16.5. The lowest BCUT2D eigenvalue weighted by atomic mass is 9.91. The average Bonchev–Trinajstić information content (AvgIpc) is 3.87. The van der Waals surface area contributed by atoms with E-state index in [1.165, 1.54) is 0 Å². The Morgan fingerprint density at radius 3 is 2.05 bits per heavy atom. The number of hydrazone groups is 1. The van der Waals surface area contributed by atoms with Crippen molar-refractivity contribution in [2.24, 2.45) is 16.0 Å². The Hall–Kier alpha value is -5.60. The van der Waals surface area contributed by atoms with E-state index in [0.717, 1.165) is 102 Å². The van der Waals surface area contributed by atoms with Crippen LogP contribution in [0, 0.1) is 12.8 Å². The third-order valence-electron chi connectivity index (χ3n) is 11.7. The molecule has 2 aromatic carbocycles. The van der Waals surface area contributed by atoms with Gasteiger partial charge in [-0.15, -0.1) is 0 Å². The van der Waals surface area contributed by atoms with Crippen LogP contribution >= 0.6 is 0 Å². The minimum atomic E-state index is -0.198. The maximum atomic E-state index is 13.7. The van der Waals surface area contributed by atoms with Crippen LogP contribution in [0.1, 0.15) is 78.4 Å². The molecule has 2 aromatic heterocycles. The highest BCUT2D eigenvalue weighted by Crippen LogP contribution is 2.33. The number of aromatic nitrogens is 3. The van der Waals surface area contributed by atoms with E-state index in [9.17, 15) is 9.59 Å². The fourth-order valence-corrected chi connectivity index (χ4v) is 8.39. The molecule has 14 nitrogen and oxygen atoms in total. The van der Waals surface area contributed by atoms with E-state index < -0.39 is 0 Å². The molecule has 6 heterocycles. The van der Waals surface area contributed by atoms with Crippen LogP contribution in [0.2, 0.25) is 0 Å². The lowest BCUT2D eigenvalue weighted by molar-refractivity contribution is 0.0793. The number of carbonyl (C=O) groups is 2. The monoisotopic (exact) mass is 786 g/mol. The SMILES string of the molecule is CCN1N=CC2C(NC3CCOCC3)=C(CNC(=O)c3cccc(-c4cccc(C(=O)NCc5c(C)nc6c(cnn6CC)c5NC5CCOCC5)c4)c3)C(C)=NC21. The number of nitrogens with zero attached hydrogens (tertiary/aromatic N) is 6. The smallest absolute Gasteiger partial charge is 0.251 e. The Kier molecular flexibility index (Phi) is 11.8. The van der Waals surface area contributed by atoms with Gasteiger partial charge in [-0.2, -0.15) is 10.2 Å². The number of pyridine rings is 1. The summed E-state index contributed by atoms with van der Waals surface area (Å²) in [6.45, 7) is 13.1. The van der Waals surface area contributed by atoms with Gasteiger partial charge in [-0.3, -0.25) is 19.6 Å². The molecule has 2 atom stereocenters. The molecule has 2 unspecified atom stereocenters. The molecule has 4 aliphatic rings. The first-order chi connectivity index (χ1) is 28.3. The zero-order valence-electron chi connectivity index (χ0n) is 33.9. The number of amides is 2. The number of hydrogen-bond donors (Lipinski definition) is 4. The van der Waals surface area contributed by atoms with Crippen LogP contribution in [-0.2, 0) is 22.6 Å². The number of anilines is 1. The quantitative estimate of drug-likeness (QED) is 0.139. The number of hydrogen-bond acceptors (Lipinski definition) is 11. The average molecular weight is 787 g/mol. The molecule has 4 aromatic rings. The molecule has 0 radical (unpaired) electrons. The number of fused-ring (bicyclic) bond motifs is 2. The number of rotatable bonds is 13. The second-order valence-electron chi connectivity index (χ2n) is 15.4. The number of benzene rings is 2. The number of ether oxygens (including phenoxy) is 2. The topological polar surface area (TPSA) is 159 Å². The van der Waals surface area contributed by atoms with E-state index in [4.69, 9.17) is 19.5 Å². The Labute approximate surface area is 339 Å². The molecular formula is C44H54N10O4. The van der Waals surface area contributed by atoms with Crippen molar-refractivity contribution in [3.05, 3.63) is 88.4 Å². The van der Waals surface area contributed by atoms with Crippen LogP contribution in [0.4, 0.5) is 5.69 Å². The van der Waals surface area contributed by atoms with E-state index in [1.54, 1.807) is 0 Å². The zero-order chi connectivity index (χ0) is 40.2. The van der Waals surface area contributed by atoms with Gasteiger partial charge < -0.3 is 30.7 Å². The molecule has 2 amide bonds. The Bertz CT molecular complexity index is 2250. The van der Waals surface area contributed by atoms with Crippen molar-refractivity contribution in [3.63, 3.8) is 0 Å². The Morgan fingerprint density at radius 1 is 0.810 bits per heavy atom. The van der Waals surface area contributed by atoms with Crippen molar-refractivity contribution in [2.45, 2.75) is 84.7 Å². The van der Waals surface area contributed by atoms with E-state index in [-0.39, 0.29) is 29.9 Å². The van der Waals surface area contributed by atoms with Crippen molar-refractivity contribution in [2.75, 3.05) is 44.8 Å². The highest BCUT2D eigenvalue weighted by Gasteiger charge is 2.38. The van der Waals surface area contributed by atoms with Gasteiger partial charge in [0.1, 0.15) is 6.17 Å². The van der Waals surface area contributed by atoms with Gasteiger partial charge in [-0.05, 0) is 88.8 Å². The van der Waals surface area contributed by atoms with E-state index >= 15 is 0 Å². The molecular weight excluding hydrogens is 733 g/mol. The van der Waals surface area contributed by atoms with Crippen molar-refractivity contribution >= 4 is 40.5 Å². The van der Waals surface area contributed by atoms with Crippen LogP contribution in [0.15, 0.2) is 76.1 Å². The Balaban J connectivity index is 0.969. The maximum Gasteiger partial charge on any atom is 0.251 e. The van der Waals surface area contributed by atoms with Gasteiger partial charge in [0.05, 0.1) is 23.2 Å². The third kappa shape index (κ3) is 8.21.